The van der Waals surface area contributed by atoms with Crippen molar-refractivity contribution in [2.24, 2.45) is 0 Å². The molecule has 0 amide bonds. The molecule has 0 saturated carbocycles. The van der Waals surface area contributed by atoms with Gasteiger partial charge in [0.05, 0.1) is 0 Å². The zero-order valence-corrected chi connectivity index (χ0v) is 27.4. The fourth-order valence-electron chi connectivity index (χ4n) is 5.42. The summed E-state index contributed by atoms with van der Waals surface area (Å²) in [6.07, 6.45) is 23.3. The first-order valence-corrected chi connectivity index (χ1v) is 17.4. The molecule has 2 heterocycles. The second-order valence-electron chi connectivity index (χ2n) is 9.93. The maximum absolute atomic E-state index is 3.64. The van der Waals surface area contributed by atoms with Gasteiger partial charge in [0.15, 0.2) is 0 Å². The molecule has 0 unspecified atom stereocenters. The van der Waals surface area contributed by atoms with Crippen molar-refractivity contribution >= 4 is 16.1 Å². The van der Waals surface area contributed by atoms with E-state index in [1.807, 2.05) is 0 Å². The third-order valence-electron chi connectivity index (χ3n) is 7.70. The molecule has 4 rings (SSSR count). The van der Waals surface area contributed by atoms with Crippen LogP contribution in [0.2, 0.25) is 36.3 Å². The molecule has 2 fully saturated rings. The third kappa shape index (κ3) is 7.94. The molecule has 2 aliphatic carbocycles. The molecule has 0 bridgehead atoms. The Morgan fingerprint density at radius 1 is 0.710 bits per heavy atom. The minimum atomic E-state index is -0.943. The summed E-state index contributed by atoms with van der Waals surface area (Å²) in [5.74, 6) is 0. The molecule has 0 aromatic heterocycles. The molecule has 0 radical (unpaired) electrons. The van der Waals surface area contributed by atoms with Crippen LogP contribution in [0.1, 0.15) is 79.1 Å². The van der Waals surface area contributed by atoms with Crippen LogP contribution in [0.3, 0.4) is 0 Å². The van der Waals surface area contributed by atoms with Crippen LogP contribution >= 0.6 is 0 Å². The third-order valence-corrected chi connectivity index (χ3v) is 18.5. The Kier molecular flexibility index (Phi) is 15.4. The van der Waals surface area contributed by atoms with Crippen LogP contribution < -0.4 is 24.8 Å². The predicted octanol–water partition coefficient (Wildman–Crippen LogP) is 2.52. The summed E-state index contributed by atoms with van der Waals surface area (Å²) in [5, 5.41) is 3.38. The number of hydrogen-bond donors (Lipinski definition) is 0. The van der Waals surface area contributed by atoms with Crippen LogP contribution in [0.5, 0.6) is 0 Å². The minimum absolute atomic E-state index is 0. The van der Waals surface area contributed by atoms with E-state index in [1.54, 1.807) is 34.6 Å². The van der Waals surface area contributed by atoms with E-state index >= 15 is 0 Å². The first kappa shape index (κ1) is 31.8. The second-order valence-corrected chi connectivity index (χ2v) is 19.1. The molecule has 5 heteroatoms. The van der Waals surface area contributed by atoms with Crippen molar-refractivity contribution in [2.45, 2.75) is 115 Å². The normalized spacial score (nSPS) is 21.8. The predicted molar refractivity (Wildman–Crippen MR) is 130 cm³/mol. The van der Waals surface area contributed by atoms with Crippen molar-refractivity contribution in [3.63, 3.8) is 0 Å². The Balaban J connectivity index is 0.000000529. The van der Waals surface area contributed by atoms with Crippen LogP contribution in [0.15, 0.2) is 33.7 Å². The Morgan fingerprint density at radius 2 is 1.06 bits per heavy atom. The van der Waals surface area contributed by atoms with Crippen molar-refractivity contribution in [3.05, 3.63) is 45.8 Å². The van der Waals surface area contributed by atoms with Gasteiger partial charge in [0.1, 0.15) is 0 Å². The summed E-state index contributed by atoms with van der Waals surface area (Å²) < 4.78 is 0. The van der Waals surface area contributed by atoms with Gasteiger partial charge in [-0.2, -0.15) is 11.1 Å². The van der Waals surface area contributed by atoms with E-state index in [0.717, 1.165) is 0 Å². The molecule has 0 nitrogen and oxygen atoms in total. The van der Waals surface area contributed by atoms with Gasteiger partial charge in [-0.1, -0.05) is 115 Å². The molecule has 4 aliphatic rings. The van der Waals surface area contributed by atoms with Crippen LogP contribution in [0, 0.1) is 12.2 Å². The number of rotatable bonds is 8. The van der Waals surface area contributed by atoms with Gasteiger partial charge in [0.2, 0.25) is 0 Å². The average Bonchev–Trinajstić information content (AvgIpc) is 3.23. The molecule has 0 atom stereocenters. The van der Waals surface area contributed by atoms with Gasteiger partial charge >= 0.3 is 25.8 Å². The summed E-state index contributed by atoms with van der Waals surface area (Å²) in [7, 11) is -1.89. The largest absolute Gasteiger partial charge is 4.00 e. The van der Waals surface area contributed by atoms with Gasteiger partial charge in [-0.15, -0.1) is 0 Å². The zero-order valence-electron chi connectivity index (χ0n) is 20.3. The molecule has 2 aliphatic heterocycles. The van der Waals surface area contributed by atoms with E-state index in [0.29, 0.717) is 0 Å². The van der Waals surface area contributed by atoms with Gasteiger partial charge in [-0.05, 0) is 0 Å². The molecule has 2 saturated heterocycles. The van der Waals surface area contributed by atoms with Gasteiger partial charge in [-0.3, -0.25) is 12.2 Å². The standard InChI is InChI=1S/2C13H21Si.2ClH.Hf/c2*1-3-4-8-14(9-5-10-14)13-7-6-12(2)11-13;;;/h2*7H,3-6,8-10H2,1-2H3;2*1H;/q2*-1;;;+4/p-2. The van der Waals surface area contributed by atoms with E-state index in [9.17, 15) is 0 Å². The van der Waals surface area contributed by atoms with E-state index in [1.165, 1.54) is 74.6 Å². The Morgan fingerprint density at radius 3 is 1.26 bits per heavy atom. The molecule has 0 aromatic rings. The molecule has 31 heavy (non-hydrogen) atoms. The average molecular weight is 660 g/mol. The minimum Gasteiger partial charge on any atom is -1.00 e. The quantitative estimate of drug-likeness (QED) is 0.278. The second kappa shape index (κ2) is 15.0. The van der Waals surface area contributed by atoms with Crippen molar-refractivity contribution in [1.29, 1.82) is 0 Å². The fourth-order valence-corrected chi connectivity index (χ4v) is 14.5. The number of allylic oxidation sites excluding steroid dienone is 8. The SMILES string of the molecule is CCCC[Si]1(C2=CCC(C)=[C-]2)CCC1.CCCC[Si]1(C2=CCC(C)=[C-]2)CCC1.[Cl-].[Cl-].[Hf+4]. The van der Waals surface area contributed by atoms with Crippen molar-refractivity contribution in [3.8, 4) is 0 Å². The van der Waals surface area contributed by atoms with Gasteiger partial charge in [0.25, 0.3) is 0 Å². The first-order valence-electron chi connectivity index (χ1n) is 12.1. The molecule has 172 valence electrons. The molecule has 0 spiro atoms. The monoisotopic (exact) mass is 660 g/mol. The summed E-state index contributed by atoms with van der Waals surface area (Å²) in [4.78, 5) is 0. The maximum Gasteiger partial charge on any atom is 4.00 e. The molecular formula is C26H42Cl2HfSi2. The van der Waals surface area contributed by atoms with Gasteiger partial charge in [0, 0.05) is 16.1 Å². The van der Waals surface area contributed by atoms with Crippen molar-refractivity contribution < 1.29 is 50.7 Å². The Bertz CT molecular complexity index is 613. The summed E-state index contributed by atoms with van der Waals surface area (Å²) >= 11 is 0. The first-order chi connectivity index (χ1) is 13.5. The number of hydrogen-bond acceptors (Lipinski definition) is 0. The summed E-state index contributed by atoms with van der Waals surface area (Å²) in [6, 6.07) is 9.29. The van der Waals surface area contributed by atoms with Crippen LogP contribution in [0.4, 0.5) is 0 Å². The number of unbranched alkanes of at least 4 members (excludes halogenated alkanes) is 2. The van der Waals surface area contributed by atoms with E-state index < -0.39 is 16.1 Å². The Labute approximate surface area is 226 Å². The zero-order chi connectivity index (χ0) is 20.0. The van der Waals surface area contributed by atoms with Crippen LogP contribution in [-0.4, -0.2) is 16.1 Å². The number of halogens is 2. The van der Waals surface area contributed by atoms with Gasteiger partial charge in [-0.25, -0.2) is 22.5 Å². The topological polar surface area (TPSA) is 0 Å². The van der Waals surface area contributed by atoms with Gasteiger partial charge < -0.3 is 24.8 Å². The van der Waals surface area contributed by atoms with Crippen LogP contribution in [-0.2, 0) is 25.8 Å². The van der Waals surface area contributed by atoms with E-state index in [2.05, 4.69) is 52.0 Å². The van der Waals surface area contributed by atoms with E-state index in [4.69, 9.17) is 0 Å². The molecular weight excluding hydrogens is 618 g/mol. The van der Waals surface area contributed by atoms with Crippen LogP contribution in [0.25, 0.3) is 0 Å². The fraction of sp³-hybridized carbons (Fsp3) is 0.692. The maximum atomic E-state index is 3.64. The molecule has 0 aromatic carbocycles. The van der Waals surface area contributed by atoms with Crippen molar-refractivity contribution in [1.82, 2.24) is 0 Å². The van der Waals surface area contributed by atoms with Crippen molar-refractivity contribution in [2.75, 3.05) is 0 Å². The van der Waals surface area contributed by atoms with E-state index in [-0.39, 0.29) is 50.7 Å². The smallest absolute Gasteiger partial charge is 1.00 e. The summed E-state index contributed by atoms with van der Waals surface area (Å²) in [6.45, 7) is 9.08. The Hall–Kier alpha value is 0.844. The summed E-state index contributed by atoms with van der Waals surface area (Å²) in [5.41, 5.74) is 2.94. The molecule has 0 N–H and O–H groups in total.